The Labute approximate surface area is 349 Å². The highest BCUT2D eigenvalue weighted by atomic mass is 14.6. The van der Waals surface area contributed by atoms with E-state index in [9.17, 15) is 0 Å². The van der Waals surface area contributed by atoms with Crippen LogP contribution in [0.15, 0.2) is 225 Å². The summed E-state index contributed by atoms with van der Waals surface area (Å²) in [5.41, 5.74) is 19.4. The van der Waals surface area contributed by atoms with Crippen LogP contribution in [0.2, 0.25) is 0 Å². The van der Waals surface area contributed by atoms with E-state index in [1.54, 1.807) is 0 Å². The molecule has 0 fully saturated rings. The molecular formula is C59H37N. The van der Waals surface area contributed by atoms with Crippen molar-refractivity contribution >= 4 is 32.3 Å². The van der Waals surface area contributed by atoms with Crippen LogP contribution < -0.4 is 0 Å². The molecule has 1 aliphatic carbocycles. The van der Waals surface area contributed by atoms with Crippen LogP contribution in [0.1, 0.15) is 0 Å². The molecule has 1 aliphatic rings. The predicted molar refractivity (Wildman–Crippen MR) is 254 cm³/mol. The van der Waals surface area contributed by atoms with Crippen LogP contribution in [0.3, 0.4) is 0 Å². The molecule has 11 aromatic rings. The van der Waals surface area contributed by atoms with Gasteiger partial charge in [-0.1, -0.05) is 200 Å². The lowest BCUT2D eigenvalue weighted by molar-refractivity contribution is 1.33. The van der Waals surface area contributed by atoms with E-state index in [-0.39, 0.29) is 0 Å². The van der Waals surface area contributed by atoms with Crippen LogP contribution in [0.4, 0.5) is 0 Å². The molecular weight excluding hydrogens is 723 g/mol. The summed E-state index contributed by atoms with van der Waals surface area (Å²) in [6.45, 7) is 0. The normalized spacial score (nSPS) is 11.7. The Bertz CT molecular complexity index is 3410. The van der Waals surface area contributed by atoms with Gasteiger partial charge in [0.1, 0.15) is 0 Å². The van der Waals surface area contributed by atoms with Crippen molar-refractivity contribution in [1.29, 1.82) is 0 Å². The first-order valence-corrected chi connectivity index (χ1v) is 20.7. The Balaban J connectivity index is 1.01. The van der Waals surface area contributed by atoms with Gasteiger partial charge in [-0.25, -0.2) is 0 Å². The molecule has 1 aromatic heterocycles. The van der Waals surface area contributed by atoms with Crippen molar-refractivity contribution < 1.29 is 0 Å². The van der Waals surface area contributed by atoms with E-state index in [4.69, 9.17) is 4.98 Å². The summed E-state index contributed by atoms with van der Waals surface area (Å²) >= 11 is 0. The fourth-order valence-electron chi connectivity index (χ4n) is 9.82. The van der Waals surface area contributed by atoms with Crippen LogP contribution in [0, 0.1) is 0 Å². The van der Waals surface area contributed by atoms with Gasteiger partial charge in [0, 0.05) is 23.5 Å². The zero-order valence-corrected chi connectivity index (χ0v) is 32.8. The summed E-state index contributed by atoms with van der Waals surface area (Å²) in [6.07, 6.45) is 4.05. The molecule has 0 saturated carbocycles. The molecule has 60 heavy (non-hydrogen) atoms. The van der Waals surface area contributed by atoms with E-state index in [1.807, 2.05) is 12.4 Å². The van der Waals surface area contributed by atoms with Gasteiger partial charge in [0.05, 0.1) is 0 Å². The third-order valence-corrected chi connectivity index (χ3v) is 12.5. The number of nitrogens with zero attached hydrogens (tertiary/aromatic N) is 1. The quantitative estimate of drug-likeness (QED) is 0.163. The van der Waals surface area contributed by atoms with Gasteiger partial charge >= 0.3 is 0 Å². The minimum absolute atomic E-state index is 1.09. The molecule has 278 valence electrons. The van der Waals surface area contributed by atoms with Gasteiger partial charge in [-0.15, -0.1) is 0 Å². The third-order valence-electron chi connectivity index (χ3n) is 12.5. The molecule has 0 N–H and O–H groups in total. The SMILES string of the molecule is c1ccc2c(c1)-c1ccccc1-c1ccc(-c3cncc(-c4c5ccccc5c(-c5ccc(-c6cccc7ccccc67)cc5)c5ccccc45)c3)cc1-c1ccccc1-2. The molecule has 0 unspecified atom stereocenters. The van der Waals surface area contributed by atoms with E-state index in [1.165, 1.54) is 105 Å². The number of hydrogen-bond donors (Lipinski definition) is 0. The zero-order chi connectivity index (χ0) is 39.6. The lowest BCUT2D eigenvalue weighted by Gasteiger charge is -2.23. The fraction of sp³-hybridized carbons (Fsp3) is 0. The average Bonchev–Trinajstić information content (AvgIpc) is 3.32. The van der Waals surface area contributed by atoms with Gasteiger partial charge in [-0.3, -0.25) is 4.98 Å². The van der Waals surface area contributed by atoms with Crippen LogP contribution in [-0.2, 0) is 0 Å². The Kier molecular flexibility index (Phi) is 7.92. The summed E-state index contributed by atoms with van der Waals surface area (Å²) in [7, 11) is 0. The fourth-order valence-corrected chi connectivity index (χ4v) is 9.82. The predicted octanol–water partition coefficient (Wildman–Crippen LogP) is 16.2. The zero-order valence-electron chi connectivity index (χ0n) is 32.8. The van der Waals surface area contributed by atoms with Gasteiger partial charge in [-0.2, -0.15) is 0 Å². The van der Waals surface area contributed by atoms with Crippen molar-refractivity contribution in [3.8, 4) is 89.0 Å². The Morgan fingerprint density at radius 1 is 0.217 bits per heavy atom. The van der Waals surface area contributed by atoms with Crippen molar-refractivity contribution in [2.75, 3.05) is 0 Å². The van der Waals surface area contributed by atoms with Crippen molar-refractivity contribution in [2.45, 2.75) is 0 Å². The molecule has 0 spiro atoms. The van der Waals surface area contributed by atoms with Crippen molar-refractivity contribution in [1.82, 2.24) is 4.98 Å². The smallest absolute Gasteiger partial charge is 0.0347 e. The Morgan fingerprint density at radius 2 is 0.600 bits per heavy atom. The van der Waals surface area contributed by atoms with Crippen LogP contribution in [0.5, 0.6) is 0 Å². The average molecular weight is 760 g/mol. The van der Waals surface area contributed by atoms with Gasteiger partial charge in [0.2, 0.25) is 0 Å². The number of benzene rings is 10. The van der Waals surface area contributed by atoms with Crippen molar-refractivity contribution in [2.24, 2.45) is 0 Å². The number of aromatic nitrogens is 1. The number of hydrogen-bond acceptors (Lipinski definition) is 1. The van der Waals surface area contributed by atoms with Crippen LogP contribution in [0.25, 0.3) is 121 Å². The number of fused-ring (bicyclic) bond motifs is 11. The molecule has 0 aliphatic heterocycles. The van der Waals surface area contributed by atoms with E-state index in [0.717, 1.165) is 16.7 Å². The highest BCUT2D eigenvalue weighted by molar-refractivity contribution is 6.21. The van der Waals surface area contributed by atoms with Gasteiger partial charge in [0.15, 0.2) is 0 Å². The molecule has 1 heteroatoms. The maximum Gasteiger partial charge on any atom is 0.0347 e. The molecule has 0 saturated heterocycles. The number of rotatable bonds is 4. The Morgan fingerprint density at radius 3 is 1.17 bits per heavy atom. The highest BCUT2D eigenvalue weighted by Crippen LogP contribution is 2.49. The van der Waals surface area contributed by atoms with Crippen LogP contribution in [-0.4, -0.2) is 4.98 Å². The molecule has 0 atom stereocenters. The molecule has 1 heterocycles. The second-order valence-electron chi connectivity index (χ2n) is 15.8. The van der Waals surface area contributed by atoms with E-state index >= 15 is 0 Å². The minimum atomic E-state index is 1.09. The summed E-state index contributed by atoms with van der Waals surface area (Å²) in [5, 5.41) is 7.41. The first kappa shape index (κ1) is 34.2. The maximum atomic E-state index is 4.95. The minimum Gasteiger partial charge on any atom is -0.263 e. The second kappa shape index (κ2) is 13.9. The first-order chi connectivity index (χ1) is 29.8. The lowest BCUT2D eigenvalue weighted by Crippen LogP contribution is -1.97. The topological polar surface area (TPSA) is 12.9 Å². The standard InChI is InChI=1S/C59H37N/c1-2-16-44-38(14-1)15-13-27-45(44)39-28-30-40(31-29-39)58-53-23-9-11-25-55(53)59(56-26-12-10-24-54(56)58)43-34-42(36-60-37-43)41-32-33-52-50-21-6-5-19-48(50)46-17-3-4-18-47(46)49-20-7-8-22-51(49)57(52)35-41/h1-37H. The highest BCUT2D eigenvalue weighted by Gasteiger charge is 2.23. The van der Waals surface area contributed by atoms with Gasteiger partial charge in [-0.05, 0) is 122 Å². The van der Waals surface area contributed by atoms with Gasteiger partial charge < -0.3 is 0 Å². The third kappa shape index (κ3) is 5.44. The molecule has 0 amide bonds. The summed E-state index contributed by atoms with van der Waals surface area (Å²) in [5.74, 6) is 0. The largest absolute Gasteiger partial charge is 0.263 e. The summed E-state index contributed by atoms with van der Waals surface area (Å²) in [4.78, 5) is 4.95. The summed E-state index contributed by atoms with van der Waals surface area (Å²) in [6, 6.07) is 77.9. The summed E-state index contributed by atoms with van der Waals surface area (Å²) < 4.78 is 0. The van der Waals surface area contributed by atoms with Crippen LogP contribution >= 0.6 is 0 Å². The molecule has 0 radical (unpaired) electrons. The first-order valence-electron chi connectivity index (χ1n) is 20.7. The monoisotopic (exact) mass is 759 g/mol. The van der Waals surface area contributed by atoms with Crippen molar-refractivity contribution in [3.63, 3.8) is 0 Å². The second-order valence-corrected chi connectivity index (χ2v) is 15.8. The van der Waals surface area contributed by atoms with Crippen molar-refractivity contribution in [3.05, 3.63) is 225 Å². The Hall–Kier alpha value is -7.87. The molecule has 1 nitrogen and oxygen atoms in total. The molecule has 12 rings (SSSR count). The van der Waals surface area contributed by atoms with Gasteiger partial charge in [0.25, 0.3) is 0 Å². The van der Waals surface area contributed by atoms with E-state index in [0.29, 0.717) is 0 Å². The molecule has 0 bridgehead atoms. The van der Waals surface area contributed by atoms with E-state index in [2.05, 4.69) is 212 Å². The maximum absolute atomic E-state index is 4.95. The molecule has 10 aromatic carbocycles. The van der Waals surface area contributed by atoms with E-state index < -0.39 is 0 Å². The lowest BCUT2D eigenvalue weighted by atomic mass is 9.80. The number of pyridine rings is 1.